The average Bonchev–Trinajstić information content (AvgIpc) is 3.30. The number of fused-ring (bicyclic) bond motifs is 1. The summed E-state index contributed by atoms with van der Waals surface area (Å²) in [6.07, 6.45) is 2.74. The Morgan fingerprint density at radius 1 is 1.22 bits per heavy atom. The number of methoxy groups -OCH3 is 1. The molecule has 3 heterocycles. The fourth-order valence-corrected chi connectivity index (χ4v) is 5.43. The van der Waals surface area contributed by atoms with E-state index in [9.17, 15) is 9.18 Å². The van der Waals surface area contributed by atoms with E-state index >= 15 is 0 Å². The number of nitrogens with zero attached hydrogens (tertiary/aromatic N) is 3. The van der Waals surface area contributed by atoms with Crippen molar-refractivity contribution in [1.29, 1.82) is 0 Å². The van der Waals surface area contributed by atoms with Crippen LogP contribution in [0.25, 0.3) is 11.3 Å². The molecule has 0 spiro atoms. The van der Waals surface area contributed by atoms with Crippen LogP contribution in [0.5, 0.6) is 5.75 Å². The van der Waals surface area contributed by atoms with Crippen LogP contribution in [0.2, 0.25) is 0 Å². The lowest BCUT2D eigenvalue weighted by Gasteiger charge is -2.35. The van der Waals surface area contributed by atoms with Crippen molar-refractivity contribution in [3.8, 4) is 17.0 Å². The van der Waals surface area contributed by atoms with Gasteiger partial charge in [-0.15, -0.1) is 0 Å². The van der Waals surface area contributed by atoms with Crippen molar-refractivity contribution in [2.75, 3.05) is 26.7 Å². The number of likely N-dealkylation sites (tertiary alicyclic amines) is 1. The summed E-state index contributed by atoms with van der Waals surface area (Å²) in [5, 5.41) is 10.8. The number of urea groups is 1. The second kappa shape index (κ2) is 10.3. The highest BCUT2D eigenvalue weighted by Gasteiger charge is 2.29. The number of aromatic nitrogens is 2. The van der Waals surface area contributed by atoms with E-state index < -0.39 is 5.82 Å². The number of ether oxygens (including phenoxy) is 1. The lowest BCUT2D eigenvalue weighted by molar-refractivity contribution is 0.160. The number of nitrogens with one attached hydrogen (secondary N) is 2. The molecule has 0 aliphatic carbocycles. The second-order valence-electron chi connectivity index (χ2n) is 9.94. The van der Waals surface area contributed by atoms with E-state index in [1.54, 1.807) is 12.1 Å². The van der Waals surface area contributed by atoms with E-state index in [1.807, 2.05) is 4.90 Å². The Morgan fingerprint density at radius 3 is 2.78 bits per heavy atom. The first-order valence-electron chi connectivity index (χ1n) is 12.7. The van der Waals surface area contributed by atoms with Crippen LogP contribution in [0.4, 0.5) is 9.18 Å². The van der Waals surface area contributed by atoms with Crippen molar-refractivity contribution in [2.45, 2.75) is 52.2 Å². The number of rotatable bonds is 5. The third kappa shape index (κ3) is 4.95. The van der Waals surface area contributed by atoms with Gasteiger partial charge in [0.1, 0.15) is 0 Å². The Kier molecular flexibility index (Phi) is 6.96. The minimum atomic E-state index is -0.431. The molecule has 0 radical (unpaired) electrons. The van der Waals surface area contributed by atoms with Crippen LogP contribution in [-0.2, 0) is 19.5 Å². The Hall–Kier alpha value is -3.39. The third-order valence-corrected chi connectivity index (χ3v) is 7.51. The molecule has 0 saturated carbocycles. The van der Waals surface area contributed by atoms with Crippen molar-refractivity contribution in [3.05, 3.63) is 70.2 Å². The Morgan fingerprint density at radius 2 is 2.03 bits per heavy atom. The van der Waals surface area contributed by atoms with Crippen molar-refractivity contribution < 1.29 is 13.9 Å². The first-order chi connectivity index (χ1) is 17.4. The van der Waals surface area contributed by atoms with Crippen LogP contribution >= 0.6 is 0 Å². The number of hydrogen-bond acceptors (Lipinski definition) is 4. The van der Waals surface area contributed by atoms with Gasteiger partial charge in [0.25, 0.3) is 0 Å². The largest absolute Gasteiger partial charge is 0.494 e. The van der Waals surface area contributed by atoms with Gasteiger partial charge in [-0.2, -0.15) is 5.10 Å². The topological polar surface area (TPSA) is 73.5 Å². The fourth-order valence-electron chi connectivity index (χ4n) is 5.43. The van der Waals surface area contributed by atoms with Crippen LogP contribution < -0.4 is 10.1 Å². The molecular formula is C28H34FN5O2. The Balaban J connectivity index is 1.24. The Labute approximate surface area is 211 Å². The van der Waals surface area contributed by atoms with Crippen LogP contribution in [0.3, 0.4) is 0 Å². The summed E-state index contributed by atoms with van der Waals surface area (Å²) < 4.78 is 19.3. The van der Waals surface area contributed by atoms with Gasteiger partial charge in [-0.3, -0.25) is 10.00 Å². The van der Waals surface area contributed by atoms with Gasteiger partial charge in [-0.1, -0.05) is 18.2 Å². The molecule has 1 saturated heterocycles. The van der Waals surface area contributed by atoms with Crippen molar-refractivity contribution in [2.24, 2.45) is 0 Å². The number of hydrogen-bond donors (Lipinski definition) is 2. The van der Waals surface area contributed by atoms with Gasteiger partial charge in [0.15, 0.2) is 11.6 Å². The summed E-state index contributed by atoms with van der Waals surface area (Å²) in [5.41, 5.74) is 7.32. The van der Waals surface area contributed by atoms with Gasteiger partial charge >= 0.3 is 6.03 Å². The lowest BCUT2D eigenvalue weighted by atomic mass is 10.00. The molecule has 0 unspecified atom stereocenters. The molecule has 36 heavy (non-hydrogen) atoms. The number of halogens is 1. The molecule has 1 atom stereocenters. The first-order valence-corrected chi connectivity index (χ1v) is 12.7. The number of carbonyl (C=O) groups excluding carboxylic acids is 1. The van der Waals surface area contributed by atoms with E-state index in [0.717, 1.165) is 43.7 Å². The van der Waals surface area contributed by atoms with E-state index in [0.29, 0.717) is 30.8 Å². The van der Waals surface area contributed by atoms with E-state index in [2.05, 4.69) is 52.5 Å². The van der Waals surface area contributed by atoms with Crippen molar-refractivity contribution in [3.63, 3.8) is 0 Å². The highest BCUT2D eigenvalue weighted by atomic mass is 19.1. The maximum Gasteiger partial charge on any atom is 0.317 e. The number of piperidine rings is 1. The lowest BCUT2D eigenvalue weighted by Crippen LogP contribution is -2.52. The number of carbonyl (C=O) groups is 1. The maximum absolute atomic E-state index is 14.3. The smallest absolute Gasteiger partial charge is 0.317 e. The highest BCUT2D eigenvalue weighted by Crippen LogP contribution is 2.31. The van der Waals surface area contributed by atoms with Crippen LogP contribution in [0.15, 0.2) is 36.4 Å². The second-order valence-corrected chi connectivity index (χ2v) is 9.94. The van der Waals surface area contributed by atoms with E-state index in [4.69, 9.17) is 4.74 Å². The van der Waals surface area contributed by atoms with Gasteiger partial charge in [-0.25, -0.2) is 9.18 Å². The van der Waals surface area contributed by atoms with E-state index in [-0.39, 0.29) is 17.8 Å². The minimum Gasteiger partial charge on any atom is -0.494 e. The van der Waals surface area contributed by atoms with Gasteiger partial charge < -0.3 is 15.0 Å². The fraction of sp³-hybridized carbons (Fsp3) is 0.429. The van der Waals surface area contributed by atoms with Crippen LogP contribution in [0, 0.1) is 19.7 Å². The molecule has 1 aromatic heterocycles. The number of aryl methyl sites for hydroxylation is 2. The van der Waals surface area contributed by atoms with Crippen LogP contribution in [0.1, 0.15) is 40.8 Å². The molecule has 7 nitrogen and oxygen atoms in total. The number of amides is 2. The summed E-state index contributed by atoms with van der Waals surface area (Å²) in [6.45, 7) is 8.20. The molecular weight excluding hydrogens is 457 g/mol. The predicted molar refractivity (Wildman–Crippen MR) is 137 cm³/mol. The molecule has 2 aliphatic rings. The molecule has 8 heteroatoms. The number of benzene rings is 2. The maximum atomic E-state index is 14.3. The Bertz CT molecular complexity index is 1240. The quantitative estimate of drug-likeness (QED) is 0.548. The molecule has 2 aromatic carbocycles. The minimum absolute atomic E-state index is 0.0485. The van der Waals surface area contributed by atoms with Gasteiger partial charge in [-0.05, 0) is 68.1 Å². The summed E-state index contributed by atoms with van der Waals surface area (Å²) in [6, 6.07) is 11.3. The summed E-state index contributed by atoms with van der Waals surface area (Å²) >= 11 is 0. The number of aromatic amines is 1. The molecule has 190 valence electrons. The standard InChI is InChI=1S/C28H34FN5O2/c1-18-6-4-7-19(2)22(18)16-33-12-5-8-21(15-33)30-28(35)34-13-11-25-23(17-34)27(32-31-25)20-9-10-26(36-3)24(29)14-20/h4,6-7,9-10,14,21H,5,8,11-13,15-17H2,1-3H3,(H,30,35)(H,31,32)/t21-/m1/s1. The van der Waals surface area contributed by atoms with Gasteiger partial charge in [0, 0.05) is 48.9 Å². The molecule has 3 aromatic rings. The first kappa shape index (κ1) is 24.3. The third-order valence-electron chi connectivity index (χ3n) is 7.51. The average molecular weight is 492 g/mol. The van der Waals surface area contributed by atoms with Crippen LogP contribution in [-0.4, -0.2) is 58.8 Å². The monoisotopic (exact) mass is 491 g/mol. The molecule has 2 N–H and O–H groups in total. The number of H-pyrrole nitrogens is 1. The van der Waals surface area contributed by atoms with Gasteiger partial charge in [0.2, 0.25) is 0 Å². The summed E-state index contributed by atoms with van der Waals surface area (Å²) in [7, 11) is 1.44. The highest BCUT2D eigenvalue weighted by molar-refractivity contribution is 5.76. The van der Waals surface area contributed by atoms with Gasteiger partial charge in [0.05, 0.1) is 19.3 Å². The molecule has 5 rings (SSSR count). The SMILES string of the molecule is COc1ccc(-c2n[nH]c3c2CN(C(=O)N[C@@H]2CCCN(Cc4c(C)cccc4C)C2)CC3)cc1F. The summed E-state index contributed by atoms with van der Waals surface area (Å²) in [5.74, 6) is -0.233. The molecule has 0 bridgehead atoms. The molecule has 2 aliphatic heterocycles. The molecule has 1 fully saturated rings. The normalized spacial score (nSPS) is 18.1. The molecule has 2 amide bonds. The van der Waals surface area contributed by atoms with Crippen molar-refractivity contribution >= 4 is 6.03 Å². The zero-order valence-electron chi connectivity index (χ0n) is 21.2. The van der Waals surface area contributed by atoms with Crippen molar-refractivity contribution in [1.82, 2.24) is 25.3 Å². The summed E-state index contributed by atoms with van der Waals surface area (Å²) in [4.78, 5) is 17.5. The predicted octanol–water partition coefficient (Wildman–Crippen LogP) is 4.57. The zero-order chi connectivity index (χ0) is 25.2. The zero-order valence-corrected chi connectivity index (χ0v) is 21.2. The van der Waals surface area contributed by atoms with E-state index in [1.165, 1.54) is 29.9 Å².